The molecule has 4 amide bonds. The van der Waals surface area contributed by atoms with Crippen LogP contribution in [0, 0.1) is 11.2 Å². The van der Waals surface area contributed by atoms with Crippen LogP contribution in [0.5, 0.6) is 5.75 Å². The molecule has 0 aliphatic carbocycles. The van der Waals surface area contributed by atoms with Crippen molar-refractivity contribution in [3.05, 3.63) is 24.0 Å². The number of amides is 4. The Bertz CT molecular complexity index is 612. The Morgan fingerprint density at radius 2 is 1.90 bits per heavy atom. The molecule has 0 bridgehead atoms. The van der Waals surface area contributed by atoms with Crippen molar-refractivity contribution in [1.29, 1.82) is 0 Å². The predicted molar refractivity (Wildman–Crippen MR) is 67.8 cm³/mol. The first kappa shape index (κ1) is 14.0. The molecule has 0 unspecified atom stereocenters. The smallest absolute Gasteiger partial charge is 0.335 e. The van der Waals surface area contributed by atoms with Crippen LogP contribution in [0.4, 0.5) is 14.9 Å². The molecular weight excluding hydrogens is 267 g/mol. The van der Waals surface area contributed by atoms with Gasteiger partial charge in [-0.1, -0.05) is 0 Å². The lowest BCUT2D eigenvalue weighted by atomic mass is 9.88. The van der Waals surface area contributed by atoms with Crippen LogP contribution in [0.1, 0.15) is 13.8 Å². The SMILES string of the molecule is COc1cc(N2C(=O)NC(=O)C(C)(C)C2=O)ccc1F. The number of urea groups is 1. The summed E-state index contributed by atoms with van der Waals surface area (Å²) >= 11 is 0. The van der Waals surface area contributed by atoms with E-state index in [1.54, 1.807) is 0 Å². The number of rotatable bonds is 2. The summed E-state index contributed by atoms with van der Waals surface area (Å²) in [5.74, 6) is -2.06. The zero-order chi connectivity index (χ0) is 15.1. The van der Waals surface area contributed by atoms with E-state index in [0.717, 1.165) is 11.0 Å². The fraction of sp³-hybridized carbons (Fsp3) is 0.308. The number of barbiturate groups is 1. The van der Waals surface area contributed by atoms with E-state index >= 15 is 0 Å². The van der Waals surface area contributed by atoms with Crippen molar-refractivity contribution in [3.8, 4) is 5.75 Å². The van der Waals surface area contributed by atoms with Gasteiger partial charge in [-0.2, -0.15) is 0 Å². The summed E-state index contributed by atoms with van der Waals surface area (Å²) in [6, 6.07) is 2.70. The highest BCUT2D eigenvalue weighted by molar-refractivity contribution is 6.29. The van der Waals surface area contributed by atoms with Gasteiger partial charge in [0, 0.05) is 6.07 Å². The van der Waals surface area contributed by atoms with Gasteiger partial charge < -0.3 is 4.74 Å². The molecule has 1 aliphatic rings. The monoisotopic (exact) mass is 280 g/mol. The van der Waals surface area contributed by atoms with Gasteiger partial charge in [0.25, 0.3) is 0 Å². The van der Waals surface area contributed by atoms with E-state index in [0.29, 0.717) is 0 Å². The molecule has 2 rings (SSSR count). The number of imide groups is 2. The molecule has 0 radical (unpaired) electrons. The quantitative estimate of drug-likeness (QED) is 0.832. The Balaban J connectivity index is 2.48. The molecule has 0 spiro atoms. The van der Waals surface area contributed by atoms with Crippen LogP contribution in [0.15, 0.2) is 18.2 Å². The summed E-state index contributed by atoms with van der Waals surface area (Å²) in [5, 5.41) is 2.09. The van der Waals surface area contributed by atoms with Gasteiger partial charge in [-0.15, -0.1) is 0 Å². The number of anilines is 1. The van der Waals surface area contributed by atoms with Crippen LogP contribution in [0.2, 0.25) is 0 Å². The fourth-order valence-corrected chi connectivity index (χ4v) is 1.80. The van der Waals surface area contributed by atoms with E-state index in [-0.39, 0.29) is 11.4 Å². The minimum atomic E-state index is -1.38. The first-order valence-electron chi connectivity index (χ1n) is 5.82. The number of methoxy groups -OCH3 is 1. The molecule has 1 N–H and O–H groups in total. The van der Waals surface area contributed by atoms with Gasteiger partial charge in [0.15, 0.2) is 11.6 Å². The molecule has 1 aromatic carbocycles. The third-order valence-corrected chi connectivity index (χ3v) is 3.12. The van der Waals surface area contributed by atoms with Gasteiger partial charge in [0.2, 0.25) is 11.8 Å². The van der Waals surface area contributed by atoms with Crippen LogP contribution in [0.25, 0.3) is 0 Å². The van der Waals surface area contributed by atoms with Crippen LogP contribution in [-0.4, -0.2) is 25.0 Å². The molecule has 1 aliphatic heterocycles. The average molecular weight is 280 g/mol. The lowest BCUT2D eigenvalue weighted by Crippen LogP contribution is -2.62. The van der Waals surface area contributed by atoms with Gasteiger partial charge >= 0.3 is 6.03 Å². The summed E-state index contributed by atoms with van der Waals surface area (Å²) < 4.78 is 18.2. The van der Waals surface area contributed by atoms with Crippen molar-refractivity contribution >= 4 is 23.5 Å². The minimum absolute atomic E-state index is 0.0993. The highest BCUT2D eigenvalue weighted by Crippen LogP contribution is 2.30. The number of benzene rings is 1. The Morgan fingerprint density at radius 1 is 1.25 bits per heavy atom. The lowest BCUT2D eigenvalue weighted by molar-refractivity contribution is -0.140. The summed E-state index contributed by atoms with van der Waals surface area (Å²) in [6.07, 6.45) is 0. The maximum Gasteiger partial charge on any atom is 0.335 e. The number of carbonyl (C=O) groups excluding carboxylic acids is 3. The van der Waals surface area contributed by atoms with Gasteiger partial charge in [0.05, 0.1) is 12.8 Å². The van der Waals surface area contributed by atoms with Crippen molar-refractivity contribution in [3.63, 3.8) is 0 Å². The fourth-order valence-electron chi connectivity index (χ4n) is 1.80. The number of halogens is 1. The van der Waals surface area contributed by atoms with Crippen molar-refractivity contribution in [2.24, 2.45) is 5.41 Å². The first-order chi connectivity index (χ1) is 9.28. The van der Waals surface area contributed by atoms with Crippen molar-refractivity contribution in [2.45, 2.75) is 13.8 Å². The first-order valence-corrected chi connectivity index (χ1v) is 5.82. The lowest BCUT2D eigenvalue weighted by Gasteiger charge is -2.34. The van der Waals surface area contributed by atoms with Gasteiger partial charge in [0.1, 0.15) is 5.41 Å². The Kier molecular flexibility index (Phi) is 3.21. The van der Waals surface area contributed by atoms with Gasteiger partial charge in [-0.3, -0.25) is 14.9 Å². The molecular formula is C13H13FN2O4. The number of ether oxygens (including phenoxy) is 1. The number of hydrogen-bond acceptors (Lipinski definition) is 4. The van der Waals surface area contributed by atoms with Gasteiger partial charge in [-0.05, 0) is 26.0 Å². The Labute approximate surface area is 114 Å². The number of carbonyl (C=O) groups is 3. The molecule has 1 aromatic rings. The topological polar surface area (TPSA) is 75.7 Å². The van der Waals surface area contributed by atoms with E-state index in [1.807, 2.05) is 0 Å². The Hall–Kier alpha value is -2.44. The highest BCUT2D eigenvalue weighted by atomic mass is 19.1. The number of nitrogens with one attached hydrogen (secondary N) is 1. The van der Waals surface area contributed by atoms with Crippen molar-refractivity contribution < 1.29 is 23.5 Å². The zero-order valence-electron chi connectivity index (χ0n) is 11.2. The van der Waals surface area contributed by atoms with E-state index in [1.165, 1.54) is 33.1 Å². The molecule has 7 heteroatoms. The summed E-state index contributed by atoms with van der Waals surface area (Å²) in [5.41, 5.74) is -1.25. The maximum absolute atomic E-state index is 13.4. The second kappa shape index (κ2) is 4.59. The summed E-state index contributed by atoms with van der Waals surface area (Å²) in [7, 11) is 1.27. The molecule has 20 heavy (non-hydrogen) atoms. The third-order valence-electron chi connectivity index (χ3n) is 3.12. The maximum atomic E-state index is 13.4. The van der Waals surface area contributed by atoms with Gasteiger partial charge in [-0.25, -0.2) is 14.1 Å². The predicted octanol–water partition coefficient (Wildman–Crippen LogP) is 1.44. The van der Waals surface area contributed by atoms with Crippen LogP contribution in [-0.2, 0) is 9.59 Å². The third kappa shape index (κ3) is 2.01. The minimum Gasteiger partial charge on any atom is -0.494 e. The van der Waals surface area contributed by atoms with Crippen molar-refractivity contribution in [2.75, 3.05) is 12.0 Å². The molecule has 0 aromatic heterocycles. The second-order valence-electron chi connectivity index (χ2n) is 4.84. The zero-order valence-corrected chi connectivity index (χ0v) is 11.2. The van der Waals surface area contributed by atoms with Crippen LogP contribution in [0.3, 0.4) is 0 Å². The number of nitrogens with zero attached hydrogens (tertiary/aromatic N) is 1. The van der Waals surface area contributed by atoms with E-state index in [9.17, 15) is 18.8 Å². The molecule has 1 saturated heterocycles. The molecule has 0 saturated carbocycles. The molecule has 1 heterocycles. The molecule has 0 atom stereocenters. The summed E-state index contributed by atoms with van der Waals surface area (Å²) in [4.78, 5) is 36.5. The van der Waals surface area contributed by atoms with E-state index in [4.69, 9.17) is 4.74 Å². The summed E-state index contributed by atoms with van der Waals surface area (Å²) in [6.45, 7) is 2.82. The van der Waals surface area contributed by atoms with E-state index < -0.39 is 29.1 Å². The normalized spacial score (nSPS) is 18.0. The standard InChI is InChI=1S/C13H13FN2O4/c1-13(2)10(17)15-12(19)16(11(13)18)7-4-5-8(14)9(6-7)20-3/h4-6H,1-3H3,(H,15,17,19). The van der Waals surface area contributed by atoms with Crippen LogP contribution >= 0.6 is 0 Å². The molecule has 6 nitrogen and oxygen atoms in total. The average Bonchev–Trinajstić information content (AvgIpc) is 2.39. The number of hydrogen-bond donors (Lipinski definition) is 1. The highest BCUT2D eigenvalue weighted by Gasteiger charge is 2.47. The van der Waals surface area contributed by atoms with E-state index in [2.05, 4.69) is 5.32 Å². The largest absolute Gasteiger partial charge is 0.494 e. The van der Waals surface area contributed by atoms with Crippen LogP contribution < -0.4 is 15.0 Å². The molecule has 1 fully saturated rings. The van der Waals surface area contributed by atoms with Crippen molar-refractivity contribution in [1.82, 2.24) is 5.32 Å². The molecule has 106 valence electrons. The second-order valence-corrected chi connectivity index (χ2v) is 4.84. The Morgan fingerprint density at radius 3 is 2.50 bits per heavy atom.